The van der Waals surface area contributed by atoms with Gasteiger partial charge in [0.05, 0.1) is 10.8 Å². The Kier molecular flexibility index (Phi) is 5.93. The van der Waals surface area contributed by atoms with Crippen LogP contribution in [0.15, 0.2) is 53.8 Å². The van der Waals surface area contributed by atoms with Crippen LogP contribution in [0, 0.1) is 0 Å². The number of amides is 1. The lowest BCUT2D eigenvalue weighted by atomic mass is 10.1. The summed E-state index contributed by atoms with van der Waals surface area (Å²) in [5, 5.41) is 0.559. The number of aromatic amines is 1. The molecule has 2 aromatic heterocycles. The molecule has 1 N–H and O–H groups in total. The van der Waals surface area contributed by atoms with Crippen LogP contribution in [0.4, 0.5) is 0 Å². The Morgan fingerprint density at radius 2 is 1.96 bits per heavy atom. The molecule has 5 nitrogen and oxygen atoms in total. The molecular formula is C20H24N4OS. The molecule has 0 aliphatic carbocycles. The summed E-state index contributed by atoms with van der Waals surface area (Å²) in [5.74, 6) is 0.143. The number of nitrogens with zero attached hydrogens (tertiary/aromatic N) is 3. The summed E-state index contributed by atoms with van der Waals surface area (Å²) in [5.41, 5.74) is 2.71. The van der Waals surface area contributed by atoms with Gasteiger partial charge in [-0.15, -0.1) is 0 Å². The number of benzene rings is 1. The number of hydrogen-bond donors (Lipinski definition) is 1. The van der Waals surface area contributed by atoms with E-state index in [1.807, 2.05) is 42.2 Å². The van der Waals surface area contributed by atoms with Crippen LogP contribution in [0.1, 0.15) is 32.8 Å². The zero-order valence-corrected chi connectivity index (χ0v) is 16.2. The fraction of sp³-hybridized carbons (Fsp3) is 0.350. The smallest absolute Gasteiger partial charge is 0.236 e. The van der Waals surface area contributed by atoms with Gasteiger partial charge in [0.25, 0.3) is 0 Å². The number of imidazole rings is 1. The van der Waals surface area contributed by atoms with E-state index in [-0.39, 0.29) is 17.2 Å². The summed E-state index contributed by atoms with van der Waals surface area (Å²) >= 11 is 1.48. The van der Waals surface area contributed by atoms with Gasteiger partial charge in [0.2, 0.25) is 5.91 Å². The summed E-state index contributed by atoms with van der Waals surface area (Å²) in [7, 11) is 0. The Morgan fingerprint density at radius 1 is 1.19 bits per heavy atom. The van der Waals surface area contributed by atoms with Crippen LogP contribution in [0.25, 0.3) is 11.2 Å². The average molecular weight is 369 g/mol. The molecule has 1 atom stereocenters. The Bertz CT molecular complexity index is 829. The first kappa shape index (κ1) is 18.5. The number of thioether (sulfide) groups is 1. The molecular weight excluding hydrogens is 344 g/mol. The number of hydrogen-bond acceptors (Lipinski definition) is 4. The van der Waals surface area contributed by atoms with Gasteiger partial charge in [-0.05, 0) is 38.0 Å². The van der Waals surface area contributed by atoms with E-state index in [0.29, 0.717) is 12.2 Å². The van der Waals surface area contributed by atoms with Gasteiger partial charge in [-0.1, -0.05) is 49.0 Å². The first-order valence-electron chi connectivity index (χ1n) is 8.90. The Balaban J connectivity index is 1.77. The van der Waals surface area contributed by atoms with E-state index in [1.165, 1.54) is 11.8 Å². The number of carbonyl (C=O) groups excluding carboxylic acids is 1. The van der Waals surface area contributed by atoms with Crippen molar-refractivity contribution in [3.05, 3.63) is 54.2 Å². The van der Waals surface area contributed by atoms with Crippen molar-refractivity contribution in [3.63, 3.8) is 0 Å². The number of carbonyl (C=O) groups is 1. The third kappa shape index (κ3) is 4.25. The van der Waals surface area contributed by atoms with Gasteiger partial charge < -0.3 is 9.88 Å². The Labute approximate surface area is 158 Å². The van der Waals surface area contributed by atoms with Crippen LogP contribution in [-0.4, -0.2) is 37.1 Å². The summed E-state index contributed by atoms with van der Waals surface area (Å²) in [6.45, 7) is 6.78. The Morgan fingerprint density at radius 3 is 2.62 bits per heavy atom. The number of nitrogens with one attached hydrogen (secondary N) is 1. The first-order valence-corrected chi connectivity index (χ1v) is 9.78. The molecule has 26 heavy (non-hydrogen) atoms. The molecule has 0 aliphatic rings. The molecule has 1 aromatic carbocycles. The van der Waals surface area contributed by atoms with E-state index in [1.54, 1.807) is 6.20 Å². The fourth-order valence-electron chi connectivity index (χ4n) is 2.80. The minimum absolute atomic E-state index is 0.134. The van der Waals surface area contributed by atoms with E-state index in [2.05, 4.69) is 40.9 Å². The maximum atomic E-state index is 13.2. The predicted octanol–water partition coefficient (Wildman–Crippen LogP) is 4.27. The highest BCUT2D eigenvalue weighted by atomic mass is 32.2. The van der Waals surface area contributed by atoms with E-state index in [4.69, 9.17) is 0 Å². The highest BCUT2D eigenvalue weighted by Crippen LogP contribution is 2.27. The first-order chi connectivity index (χ1) is 12.6. The summed E-state index contributed by atoms with van der Waals surface area (Å²) < 4.78 is 0. The minimum atomic E-state index is -0.179. The molecule has 136 valence electrons. The standard InChI is InChI=1S/C20H24N4OS/c1-4-17(26-20-22-16-11-8-12-21-18(16)23-20)19(25)24(14(2)3)13-15-9-6-5-7-10-15/h5-12,14,17H,4,13H2,1-3H3,(H,21,22,23). The van der Waals surface area contributed by atoms with E-state index in [9.17, 15) is 4.79 Å². The molecule has 0 spiro atoms. The molecule has 0 saturated heterocycles. The maximum Gasteiger partial charge on any atom is 0.236 e. The van der Waals surface area contributed by atoms with Crippen molar-refractivity contribution >= 4 is 28.8 Å². The summed E-state index contributed by atoms with van der Waals surface area (Å²) in [6.07, 6.45) is 2.46. The molecule has 0 radical (unpaired) electrons. The van der Waals surface area contributed by atoms with Gasteiger partial charge in [-0.2, -0.15) is 0 Å². The second kappa shape index (κ2) is 8.36. The molecule has 2 heterocycles. The molecule has 1 amide bonds. The molecule has 0 bridgehead atoms. The van der Waals surface area contributed by atoms with Crippen molar-refractivity contribution in [1.82, 2.24) is 19.9 Å². The van der Waals surface area contributed by atoms with Crippen LogP contribution in [0.2, 0.25) is 0 Å². The monoisotopic (exact) mass is 368 g/mol. The van der Waals surface area contributed by atoms with Gasteiger partial charge in [-0.25, -0.2) is 9.97 Å². The van der Waals surface area contributed by atoms with Crippen molar-refractivity contribution in [2.75, 3.05) is 0 Å². The normalized spacial score (nSPS) is 12.5. The third-order valence-electron chi connectivity index (χ3n) is 4.24. The zero-order valence-electron chi connectivity index (χ0n) is 15.3. The average Bonchev–Trinajstić information content (AvgIpc) is 3.06. The van der Waals surface area contributed by atoms with Gasteiger partial charge in [0, 0.05) is 18.8 Å². The molecule has 3 rings (SSSR count). The zero-order chi connectivity index (χ0) is 18.5. The predicted molar refractivity (Wildman–Crippen MR) is 106 cm³/mol. The lowest BCUT2D eigenvalue weighted by molar-refractivity contribution is -0.133. The fourth-order valence-corrected chi connectivity index (χ4v) is 3.78. The van der Waals surface area contributed by atoms with Gasteiger partial charge >= 0.3 is 0 Å². The lowest BCUT2D eigenvalue weighted by Crippen LogP contribution is -2.41. The van der Waals surface area contributed by atoms with E-state index >= 15 is 0 Å². The number of aromatic nitrogens is 3. The van der Waals surface area contributed by atoms with Gasteiger partial charge in [0.15, 0.2) is 10.8 Å². The number of fused-ring (bicyclic) bond motifs is 1. The summed E-state index contributed by atoms with van der Waals surface area (Å²) in [4.78, 5) is 27.1. The van der Waals surface area contributed by atoms with Crippen LogP contribution >= 0.6 is 11.8 Å². The lowest BCUT2D eigenvalue weighted by Gasteiger charge is -2.30. The topological polar surface area (TPSA) is 61.9 Å². The maximum absolute atomic E-state index is 13.2. The highest BCUT2D eigenvalue weighted by molar-refractivity contribution is 8.00. The van der Waals surface area contributed by atoms with Crippen molar-refractivity contribution < 1.29 is 4.79 Å². The molecule has 1 unspecified atom stereocenters. The minimum Gasteiger partial charge on any atom is -0.335 e. The van der Waals surface area contributed by atoms with Crippen molar-refractivity contribution in [2.24, 2.45) is 0 Å². The van der Waals surface area contributed by atoms with Crippen LogP contribution < -0.4 is 0 Å². The van der Waals surface area contributed by atoms with Crippen LogP contribution in [0.5, 0.6) is 0 Å². The number of H-pyrrole nitrogens is 1. The van der Waals surface area contributed by atoms with Crippen LogP contribution in [-0.2, 0) is 11.3 Å². The summed E-state index contributed by atoms with van der Waals surface area (Å²) in [6, 6.07) is 14.1. The number of rotatable bonds is 7. The van der Waals surface area contributed by atoms with Crippen molar-refractivity contribution in [3.8, 4) is 0 Å². The van der Waals surface area contributed by atoms with Crippen molar-refractivity contribution in [2.45, 2.75) is 50.2 Å². The van der Waals surface area contributed by atoms with E-state index in [0.717, 1.165) is 22.7 Å². The molecule has 0 saturated carbocycles. The largest absolute Gasteiger partial charge is 0.335 e. The quantitative estimate of drug-likeness (QED) is 0.633. The molecule has 3 aromatic rings. The van der Waals surface area contributed by atoms with Crippen LogP contribution in [0.3, 0.4) is 0 Å². The molecule has 0 aliphatic heterocycles. The second-order valence-electron chi connectivity index (χ2n) is 6.48. The number of pyridine rings is 1. The SMILES string of the molecule is CCC(Sc1nc2ncccc2[nH]1)C(=O)N(Cc1ccccc1)C(C)C. The van der Waals surface area contributed by atoms with Gasteiger partial charge in [0.1, 0.15) is 0 Å². The second-order valence-corrected chi connectivity index (χ2v) is 7.67. The third-order valence-corrected chi connectivity index (χ3v) is 5.47. The van der Waals surface area contributed by atoms with E-state index < -0.39 is 0 Å². The highest BCUT2D eigenvalue weighted by Gasteiger charge is 2.27. The molecule has 0 fully saturated rings. The van der Waals surface area contributed by atoms with Crippen molar-refractivity contribution in [1.29, 1.82) is 0 Å². The van der Waals surface area contributed by atoms with Gasteiger partial charge in [-0.3, -0.25) is 4.79 Å². The molecule has 6 heteroatoms. The Hall–Kier alpha value is -2.34.